The predicted octanol–water partition coefficient (Wildman–Crippen LogP) is 3.91. The van der Waals surface area contributed by atoms with Crippen LogP contribution in [-0.4, -0.2) is 36.7 Å². The highest BCUT2D eigenvalue weighted by molar-refractivity contribution is 5.92. The van der Waals surface area contributed by atoms with Crippen molar-refractivity contribution in [3.8, 4) is 0 Å². The first kappa shape index (κ1) is 18.5. The molecule has 1 aliphatic heterocycles. The van der Waals surface area contributed by atoms with E-state index in [1.807, 2.05) is 18.2 Å². The number of nitrogens with zero attached hydrogens (tertiary/aromatic N) is 1. The summed E-state index contributed by atoms with van der Waals surface area (Å²) in [4.78, 5) is 24.2. The van der Waals surface area contributed by atoms with Crippen LogP contribution in [0.5, 0.6) is 0 Å². The number of unbranched alkanes of at least 4 members (excludes halogenated alkanes) is 5. The van der Waals surface area contributed by atoms with E-state index < -0.39 is 6.09 Å². The second-order valence-electron chi connectivity index (χ2n) is 6.07. The Labute approximate surface area is 143 Å². The van der Waals surface area contributed by atoms with Crippen LogP contribution in [0.3, 0.4) is 0 Å². The largest absolute Gasteiger partial charge is 0.447 e. The van der Waals surface area contributed by atoms with Gasteiger partial charge < -0.3 is 9.47 Å². The lowest BCUT2D eigenvalue weighted by atomic mass is 10.1. The molecule has 0 spiro atoms. The third-order valence-electron chi connectivity index (χ3n) is 4.10. The van der Waals surface area contributed by atoms with Crippen LogP contribution in [0.2, 0.25) is 0 Å². The Morgan fingerprint density at radius 1 is 1.04 bits per heavy atom. The molecule has 0 aromatic heterocycles. The molecule has 0 aliphatic carbocycles. The van der Waals surface area contributed by atoms with Crippen LogP contribution in [0.4, 0.5) is 4.79 Å². The summed E-state index contributed by atoms with van der Waals surface area (Å²) in [6.45, 7) is 2.21. The number of hydrogen-bond acceptors (Lipinski definition) is 4. The fourth-order valence-corrected chi connectivity index (χ4v) is 2.71. The maximum Gasteiger partial charge on any atom is 0.416 e. The lowest BCUT2D eigenvalue weighted by Gasteiger charge is -2.10. The topological polar surface area (TPSA) is 55.8 Å². The van der Waals surface area contributed by atoms with Crippen molar-refractivity contribution in [3.63, 3.8) is 0 Å². The van der Waals surface area contributed by atoms with Crippen LogP contribution < -0.4 is 0 Å². The van der Waals surface area contributed by atoms with Crippen molar-refractivity contribution in [2.24, 2.45) is 0 Å². The zero-order valence-electron chi connectivity index (χ0n) is 14.2. The first-order valence-corrected chi connectivity index (χ1v) is 8.86. The lowest BCUT2D eigenvalue weighted by molar-refractivity contribution is -0.127. The Hall–Kier alpha value is -1.88. The molecule has 1 aromatic carbocycles. The van der Waals surface area contributed by atoms with Crippen molar-refractivity contribution in [3.05, 3.63) is 35.9 Å². The highest BCUT2D eigenvalue weighted by atomic mass is 16.6. The van der Waals surface area contributed by atoms with Gasteiger partial charge in [-0.1, -0.05) is 56.0 Å². The molecule has 1 heterocycles. The zero-order valence-corrected chi connectivity index (χ0v) is 14.2. The van der Waals surface area contributed by atoms with Crippen molar-refractivity contribution >= 4 is 12.0 Å². The standard InChI is InChI=1S/C19H27NO4/c21-18(20-13-15-24-19(20)22)12-8-3-1-2-4-9-14-23-16-17-10-6-5-7-11-17/h5-7,10-11H,1-4,8-9,12-16H2. The molecule has 24 heavy (non-hydrogen) atoms. The van der Waals surface area contributed by atoms with Crippen LogP contribution in [0.15, 0.2) is 30.3 Å². The minimum absolute atomic E-state index is 0.105. The van der Waals surface area contributed by atoms with E-state index >= 15 is 0 Å². The second-order valence-corrected chi connectivity index (χ2v) is 6.07. The first-order valence-electron chi connectivity index (χ1n) is 8.86. The summed E-state index contributed by atoms with van der Waals surface area (Å²) in [5, 5.41) is 0. The molecule has 0 saturated carbocycles. The summed E-state index contributed by atoms with van der Waals surface area (Å²) < 4.78 is 10.4. The highest BCUT2D eigenvalue weighted by Crippen LogP contribution is 2.11. The van der Waals surface area contributed by atoms with Crippen LogP contribution in [0, 0.1) is 0 Å². The number of hydrogen-bond donors (Lipinski definition) is 0. The van der Waals surface area contributed by atoms with Gasteiger partial charge >= 0.3 is 6.09 Å². The van der Waals surface area contributed by atoms with E-state index in [9.17, 15) is 9.59 Å². The number of imide groups is 1. The summed E-state index contributed by atoms with van der Waals surface area (Å²) in [6, 6.07) is 10.2. The van der Waals surface area contributed by atoms with Gasteiger partial charge in [0.1, 0.15) is 6.61 Å². The molecule has 1 aromatic rings. The van der Waals surface area contributed by atoms with Gasteiger partial charge in [-0.2, -0.15) is 0 Å². The number of rotatable bonds is 11. The van der Waals surface area contributed by atoms with Gasteiger partial charge in [-0.3, -0.25) is 4.79 Å². The van der Waals surface area contributed by atoms with E-state index in [4.69, 9.17) is 9.47 Å². The van der Waals surface area contributed by atoms with E-state index in [2.05, 4.69) is 12.1 Å². The van der Waals surface area contributed by atoms with Crippen LogP contribution in [0.25, 0.3) is 0 Å². The molecular formula is C19H27NO4. The van der Waals surface area contributed by atoms with Gasteiger partial charge in [-0.15, -0.1) is 0 Å². The van der Waals surface area contributed by atoms with Gasteiger partial charge in [0.05, 0.1) is 13.2 Å². The van der Waals surface area contributed by atoms with Crippen LogP contribution in [0.1, 0.15) is 50.5 Å². The smallest absolute Gasteiger partial charge is 0.416 e. The van der Waals surface area contributed by atoms with Crippen molar-refractivity contribution < 1.29 is 19.1 Å². The maximum atomic E-state index is 11.8. The molecule has 1 fully saturated rings. The first-order chi connectivity index (χ1) is 11.8. The van der Waals surface area contributed by atoms with Gasteiger partial charge in [0, 0.05) is 13.0 Å². The van der Waals surface area contributed by atoms with Gasteiger partial charge in [0.15, 0.2) is 0 Å². The minimum Gasteiger partial charge on any atom is -0.447 e. The molecule has 2 amide bonds. The number of benzene rings is 1. The monoisotopic (exact) mass is 333 g/mol. The maximum absolute atomic E-state index is 11.8. The van der Waals surface area contributed by atoms with Crippen molar-refractivity contribution in [1.29, 1.82) is 0 Å². The molecule has 0 radical (unpaired) electrons. The fourth-order valence-electron chi connectivity index (χ4n) is 2.71. The van der Waals surface area contributed by atoms with Gasteiger partial charge in [0.25, 0.3) is 0 Å². The molecular weight excluding hydrogens is 306 g/mol. The summed E-state index contributed by atoms with van der Waals surface area (Å²) in [5.74, 6) is -0.105. The molecule has 5 heteroatoms. The summed E-state index contributed by atoms with van der Waals surface area (Å²) in [6.07, 6.45) is 6.33. The summed E-state index contributed by atoms with van der Waals surface area (Å²) in [7, 11) is 0. The summed E-state index contributed by atoms with van der Waals surface area (Å²) >= 11 is 0. The quantitative estimate of drug-likeness (QED) is 0.576. The molecule has 5 nitrogen and oxygen atoms in total. The molecule has 0 bridgehead atoms. The van der Waals surface area contributed by atoms with Crippen molar-refractivity contribution in [2.75, 3.05) is 19.8 Å². The molecule has 0 N–H and O–H groups in total. The van der Waals surface area contributed by atoms with Gasteiger partial charge in [-0.25, -0.2) is 9.69 Å². The van der Waals surface area contributed by atoms with Gasteiger partial charge in [-0.05, 0) is 18.4 Å². The Morgan fingerprint density at radius 3 is 2.46 bits per heavy atom. The summed E-state index contributed by atoms with van der Waals surface area (Å²) in [5.41, 5.74) is 1.21. The van der Waals surface area contributed by atoms with Crippen LogP contribution >= 0.6 is 0 Å². The van der Waals surface area contributed by atoms with Crippen molar-refractivity contribution in [2.45, 2.75) is 51.6 Å². The van der Waals surface area contributed by atoms with Crippen LogP contribution in [-0.2, 0) is 20.9 Å². The zero-order chi connectivity index (χ0) is 17.0. The predicted molar refractivity (Wildman–Crippen MR) is 91.5 cm³/mol. The van der Waals surface area contributed by atoms with E-state index in [1.54, 1.807) is 0 Å². The molecule has 0 unspecified atom stereocenters. The average molecular weight is 333 g/mol. The lowest BCUT2D eigenvalue weighted by Crippen LogP contribution is -2.31. The molecule has 132 valence electrons. The number of ether oxygens (including phenoxy) is 2. The minimum atomic E-state index is -0.490. The van der Waals surface area contributed by atoms with E-state index in [0.29, 0.717) is 26.2 Å². The van der Waals surface area contributed by atoms with E-state index in [-0.39, 0.29) is 5.91 Å². The third-order valence-corrected chi connectivity index (χ3v) is 4.10. The Kier molecular flexibility index (Phi) is 8.32. The number of carbonyl (C=O) groups excluding carboxylic acids is 2. The van der Waals surface area contributed by atoms with E-state index in [1.165, 1.54) is 10.5 Å². The third kappa shape index (κ3) is 6.71. The molecule has 1 aliphatic rings. The fraction of sp³-hybridized carbons (Fsp3) is 0.579. The molecule has 0 atom stereocenters. The molecule has 2 rings (SSSR count). The number of cyclic esters (lactones) is 1. The second kappa shape index (κ2) is 10.8. The number of amides is 2. The highest BCUT2D eigenvalue weighted by Gasteiger charge is 2.27. The Bertz CT molecular complexity index is 503. The van der Waals surface area contributed by atoms with Crippen molar-refractivity contribution in [1.82, 2.24) is 4.90 Å². The van der Waals surface area contributed by atoms with Gasteiger partial charge in [0.2, 0.25) is 5.91 Å². The SMILES string of the molecule is O=C(CCCCCCCCOCc1ccccc1)N1CCOC1=O. The number of carbonyl (C=O) groups is 2. The Morgan fingerprint density at radius 2 is 1.75 bits per heavy atom. The van der Waals surface area contributed by atoms with E-state index in [0.717, 1.165) is 45.1 Å². The molecule has 1 saturated heterocycles. The Balaban J connectivity index is 1.38. The normalized spacial score (nSPS) is 14.0. The average Bonchev–Trinajstić information content (AvgIpc) is 3.03.